The van der Waals surface area contributed by atoms with Crippen molar-refractivity contribution < 1.29 is 18.0 Å². The lowest BCUT2D eigenvalue weighted by atomic mass is 10.0. The van der Waals surface area contributed by atoms with Crippen LogP contribution in [0.15, 0.2) is 0 Å². The van der Waals surface area contributed by atoms with Gasteiger partial charge in [0, 0.05) is 19.0 Å². The topological polar surface area (TPSA) is 46.3 Å². The third-order valence-electron chi connectivity index (χ3n) is 5.10. The van der Waals surface area contributed by atoms with Crippen molar-refractivity contribution >= 4 is 5.91 Å². The third-order valence-corrected chi connectivity index (χ3v) is 5.10. The van der Waals surface area contributed by atoms with E-state index in [1.807, 2.05) is 0 Å². The summed E-state index contributed by atoms with van der Waals surface area (Å²) in [4.78, 5) is 13.2. The van der Waals surface area contributed by atoms with Gasteiger partial charge in [-0.05, 0) is 42.9 Å². The molecule has 0 heterocycles. The first-order valence-corrected chi connectivity index (χ1v) is 6.98. The molecule has 4 atom stereocenters. The van der Waals surface area contributed by atoms with Gasteiger partial charge in [-0.25, -0.2) is 0 Å². The number of hydrogen-bond donors (Lipinski definition) is 1. The van der Waals surface area contributed by atoms with Crippen LogP contribution in [-0.4, -0.2) is 36.6 Å². The second-order valence-corrected chi connectivity index (χ2v) is 6.18. The van der Waals surface area contributed by atoms with Crippen molar-refractivity contribution in [2.75, 3.05) is 19.6 Å². The maximum atomic E-state index is 12.5. The second-order valence-electron chi connectivity index (χ2n) is 6.18. The molecule has 0 aromatic heterocycles. The maximum absolute atomic E-state index is 12.5. The van der Waals surface area contributed by atoms with E-state index in [2.05, 4.69) is 0 Å². The maximum Gasteiger partial charge on any atom is 0.406 e. The van der Waals surface area contributed by atoms with Crippen LogP contribution < -0.4 is 5.73 Å². The Hall–Kier alpha value is -0.780. The minimum Gasteiger partial charge on any atom is -0.332 e. The van der Waals surface area contributed by atoms with Gasteiger partial charge in [-0.2, -0.15) is 13.2 Å². The predicted octanol–water partition coefficient (Wildman–Crippen LogP) is 1.63. The Bertz CT molecular complexity index is 369. The average Bonchev–Trinajstić information content (AvgIpc) is 2.74. The minimum absolute atomic E-state index is 0.00359. The molecule has 4 unspecified atom stereocenters. The number of hydrogen-bond acceptors (Lipinski definition) is 2. The van der Waals surface area contributed by atoms with Gasteiger partial charge in [0.15, 0.2) is 0 Å². The quantitative estimate of drug-likeness (QED) is 0.848. The number of fused-ring (bicyclic) bond motifs is 5. The molecule has 19 heavy (non-hydrogen) atoms. The van der Waals surface area contributed by atoms with Crippen LogP contribution in [0.4, 0.5) is 13.2 Å². The predicted molar refractivity (Wildman–Crippen MR) is 63.0 cm³/mol. The zero-order valence-corrected chi connectivity index (χ0v) is 10.7. The summed E-state index contributed by atoms with van der Waals surface area (Å²) in [6.07, 6.45) is -0.833. The Morgan fingerprint density at radius 3 is 2.26 bits per heavy atom. The lowest BCUT2D eigenvalue weighted by Crippen LogP contribution is -2.43. The van der Waals surface area contributed by atoms with E-state index < -0.39 is 12.7 Å². The molecular weight excluding hydrogens is 257 g/mol. The molecule has 1 amide bonds. The van der Waals surface area contributed by atoms with Crippen LogP contribution in [0.5, 0.6) is 0 Å². The van der Waals surface area contributed by atoms with Crippen LogP contribution in [0.2, 0.25) is 0 Å². The van der Waals surface area contributed by atoms with Crippen LogP contribution in [0.1, 0.15) is 19.3 Å². The highest BCUT2D eigenvalue weighted by Crippen LogP contribution is 2.69. The minimum atomic E-state index is -4.34. The Kier molecular flexibility index (Phi) is 3.04. The van der Waals surface area contributed by atoms with Gasteiger partial charge in [-0.15, -0.1) is 0 Å². The van der Waals surface area contributed by atoms with Crippen molar-refractivity contribution in [2.24, 2.45) is 35.3 Å². The average molecular weight is 276 g/mol. The monoisotopic (exact) mass is 276 g/mol. The molecule has 3 aliphatic carbocycles. The van der Waals surface area contributed by atoms with E-state index in [1.54, 1.807) is 0 Å². The van der Waals surface area contributed by atoms with Crippen LogP contribution in [0.3, 0.4) is 0 Å². The number of nitrogens with zero attached hydrogens (tertiary/aromatic N) is 1. The number of alkyl halides is 3. The summed E-state index contributed by atoms with van der Waals surface area (Å²) in [6.45, 7) is -1.07. The van der Waals surface area contributed by atoms with Crippen LogP contribution >= 0.6 is 0 Å². The number of carbonyl (C=O) groups is 1. The molecule has 0 aliphatic heterocycles. The number of amides is 1. The summed E-state index contributed by atoms with van der Waals surface area (Å²) in [6, 6.07) is 0. The van der Waals surface area contributed by atoms with Crippen molar-refractivity contribution in [3.63, 3.8) is 0 Å². The summed E-state index contributed by atoms with van der Waals surface area (Å²) < 4.78 is 37.5. The highest BCUT2D eigenvalue weighted by atomic mass is 19.4. The van der Waals surface area contributed by atoms with Crippen LogP contribution in [0, 0.1) is 29.6 Å². The Balaban J connectivity index is 1.65. The summed E-state index contributed by atoms with van der Waals surface area (Å²) in [7, 11) is 0. The zero-order valence-electron chi connectivity index (χ0n) is 10.7. The van der Waals surface area contributed by atoms with Gasteiger partial charge in [-0.3, -0.25) is 4.79 Å². The molecular formula is C13H19F3N2O. The van der Waals surface area contributed by atoms with Crippen molar-refractivity contribution in [1.82, 2.24) is 4.90 Å². The Morgan fingerprint density at radius 1 is 1.21 bits per heavy atom. The molecule has 2 bridgehead atoms. The molecule has 3 fully saturated rings. The summed E-state index contributed by atoms with van der Waals surface area (Å²) in [5.74, 6) is 1.48. The van der Waals surface area contributed by atoms with E-state index in [4.69, 9.17) is 5.73 Å². The first-order chi connectivity index (χ1) is 8.92. The molecule has 6 heteroatoms. The van der Waals surface area contributed by atoms with E-state index in [0.717, 1.165) is 17.7 Å². The zero-order chi connectivity index (χ0) is 13.8. The number of carbonyl (C=O) groups excluding carboxylic acids is 1. The molecule has 108 valence electrons. The van der Waals surface area contributed by atoms with Gasteiger partial charge in [0.25, 0.3) is 0 Å². The van der Waals surface area contributed by atoms with Gasteiger partial charge < -0.3 is 10.6 Å². The summed E-state index contributed by atoms with van der Waals surface area (Å²) in [5, 5.41) is 0. The van der Waals surface area contributed by atoms with E-state index in [1.165, 1.54) is 6.42 Å². The number of rotatable bonds is 4. The third kappa shape index (κ3) is 2.24. The number of halogens is 3. The molecule has 0 saturated heterocycles. The van der Waals surface area contributed by atoms with Crippen LogP contribution in [0.25, 0.3) is 0 Å². The Labute approximate surface area is 110 Å². The SMILES string of the molecule is NCCN(CC(F)(F)F)C(=O)C1C2C3CCC(C3)C12. The van der Waals surface area contributed by atoms with Crippen LogP contribution in [-0.2, 0) is 4.79 Å². The Morgan fingerprint density at radius 2 is 1.79 bits per heavy atom. The van der Waals surface area contributed by atoms with Gasteiger partial charge >= 0.3 is 6.18 Å². The van der Waals surface area contributed by atoms with E-state index in [-0.39, 0.29) is 24.9 Å². The smallest absolute Gasteiger partial charge is 0.332 e. The molecule has 3 rings (SSSR count). The number of nitrogens with two attached hydrogens (primary N) is 1. The van der Waals surface area contributed by atoms with E-state index >= 15 is 0 Å². The normalized spacial score (nSPS) is 39.3. The molecule has 3 aliphatic rings. The lowest BCUT2D eigenvalue weighted by Gasteiger charge is -2.24. The lowest BCUT2D eigenvalue weighted by molar-refractivity contribution is -0.162. The van der Waals surface area contributed by atoms with Gasteiger partial charge in [0.05, 0.1) is 0 Å². The van der Waals surface area contributed by atoms with Crippen molar-refractivity contribution in [3.05, 3.63) is 0 Å². The standard InChI is InChI=1S/C13H19F3N2O/c14-13(15,16)6-18(4-3-17)12(19)11-9-7-1-2-8(5-7)10(9)11/h7-11H,1-6,17H2. The first-order valence-electron chi connectivity index (χ1n) is 6.98. The van der Waals surface area contributed by atoms with Crippen molar-refractivity contribution in [2.45, 2.75) is 25.4 Å². The molecule has 3 saturated carbocycles. The molecule has 0 radical (unpaired) electrons. The largest absolute Gasteiger partial charge is 0.406 e. The van der Waals surface area contributed by atoms with Gasteiger partial charge in [0.1, 0.15) is 6.54 Å². The van der Waals surface area contributed by atoms with E-state index in [0.29, 0.717) is 23.7 Å². The summed E-state index contributed by atoms with van der Waals surface area (Å²) in [5.41, 5.74) is 5.33. The highest BCUT2D eigenvalue weighted by Gasteiger charge is 2.68. The van der Waals surface area contributed by atoms with E-state index in [9.17, 15) is 18.0 Å². The summed E-state index contributed by atoms with van der Waals surface area (Å²) >= 11 is 0. The fourth-order valence-corrected chi connectivity index (χ4v) is 4.51. The second kappa shape index (κ2) is 4.36. The fraction of sp³-hybridized carbons (Fsp3) is 0.923. The van der Waals surface area contributed by atoms with Gasteiger partial charge in [0.2, 0.25) is 5.91 Å². The van der Waals surface area contributed by atoms with Crippen molar-refractivity contribution in [3.8, 4) is 0 Å². The first kappa shape index (κ1) is 13.2. The fourth-order valence-electron chi connectivity index (χ4n) is 4.51. The molecule has 3 nitrogen and oxygen atoms in total. The molecule has 0 aromatic rings. The molecule has 0 spiro atoms. The molecule has 2 N–H and O–H groups in total. The molecule has 0 aromatic carbocycles. The van der Waals surface area contributed by atoms with Gasteiger partial charge in [-0.1, -0.05) is 0 Å². The van der Waals surface area contributed by atoms with Crippen molar-refractivity contribution in [1.29, 1.82) is 0 Å². The highest BCUT2D eigenvalue weighted by molar-refractivity contribution is 5.83.